The molecular formula is C11H13BrFNO2. The van der Waals surface area contributed by atoms with Crippen LogP contribution >= 0.6 is 15.9 Å². The highest BCUT2D eigenvalue weighted by molar-refractivity contribution is 9.10. The summed E-state index contributed by atoms with van der Waals surface area (Å²) >= 11 is 3.14. The Morgan fingerprint density at radius 2 is 2.25 bits per heavy atom. The number of ether oxygens (including phenoxy) is 1. The third kappa shape index (κ3) is 2.95. The summed E-state index contributed by atoms with van der Waals surface area (Å²) in [5, 5.41) is 2.88. The van der Waals surface area contributed by atoms with E-state index in [-0.39, 0.29) is 11.3 Å². The van der Waals surface area contributed by atoms with Crippen molar-refractivity contribution in [2.24, 2.45) is 0 Å². The van der Waals surface area contributed by atoms with Gasteiger partial charge in [-0.05, 0) is 18.6 Å². The number of rotatable bonds is 4. The number of methoxy groups -OCH3 is 1. The molecule has 16 heavy (non-hydrogen) atoms. The molecule has 0 atom stereocenters. The molecule has 0 heterocycles. The van der Waals surface area contributed by atoms with Gasteiger partial charge in [-0.15, -0.1) is 0 Å². The lowest BCUT2D eigenvalue weighted by Crippen LogP contribution is -2.10. The van der Waals surface area contributed by atoms with Crippen LogP contribution in [0.15, 0.2) is 16.6 Å². The fraction of sp³-hybridized carbons (Fsp3) is 0.364. The van der Waals surface area contributed by atoms with Crippen LogP contribution in [-0.4, -0.2) is 19.6 Å². The van der Waals surface area contributed by atoms with Crippen molar-refractivity contribution < 1.29 is 13.9 Å². The Morgan fingerprint density at radius 3 is 2.81 bits per heavy atom. The van der Waals surface area contributed by atoms with Crippen LogP contribution in [-0.2, 0) is 4.74 Å². The van der Waals surface area contributed by atoms with Crippen molar-refractivity contribution >= 4 is 27.6 Å². The average molecular weight is 290 g/mol. The van der Waals surface area contributed by atoms with Gasteiger partial charge in [-0.25, -0.2) is 9.18 Å². The molecule has 1 aromatic carbocycles. The van der Waals surface area contributed by atoms with Crippen LogP contribution in [0.4, 0.5) is 10.1 Å². The summed E-state index contributed by atoms with van der Waals surface area (Å²) in [6.07, 6.45) is 0.843. The number of anilines is 1. The summed E-state index contributed by atoms with van der Waals surface area (Å²) < 4.78 is 18.7. The first-order valence-corrected chi connectivity index (χ1v) is 5.70. The number of halogens is 2. The lowest BCUT2D eigenvalue weighted by molar-refractivity contribution is 0.0601. The van der Waals surface area contributed by atoms with E-state index in [0.29, 0.717) is 11.0 Å². The van der Waals surface area contributed by atoms with Gasteiger partial charge in [0.2, 0.25) is 0 Å². The zero-order valence-electron chi connectivity index (χ0n) is 9.14. The minimum atomic E-state index is -0.557. The standard InChI is InChI=1S/C11H13BrFNO2/c1-3-4-14-10-8(11(15)16-2)5-7(12)6-9(10)13/h5-6,14H,3-4H2,1-2H3. The molecule has 0 amide bonds. The normalized spacial score (nSPS) is 10.0. The molecule has 88 valence electrons. The van der Waals surface area contributed by atoms with E-state index in [1.165, 1.54) is 19.2 Å². The fourth-order valence-corrected chi connectivity index (χ4v) is 1.70. The van der Waals surface area contributed by atoms with E-state index in [1.54, 1.807) is 0 Å². The van der Waals surface area contributed by atoms with E-state index >= 15 is 0 Å². The van der Waals surface area contributed by atoms with Gasteiger partial charge in [0.1, 0.15) is 5.82 Å². The fourth-order valence-electron chi connectivity index (χ4n) is 1.27. The second kappa shape index (κ2) is 5.84. The molecule has 0 aliphatic heterocycles. The van der Waals surface area contributed by atoms with Crippen LogP contribution in [0.25, 0.3) is 0 Å². The molecule has 1 rings (SSSR count). The second-order valence-electron chi connectivity index (χ2n) is 3.23. The number of benzene rings is 1. The van der Waals surface area contributed by atoms with Crippen LogP contribution in [0.2, 0.25) is 0 Å². The van der Waals surface area contributed by atoms with Crippen molar-refractivity contribution in [3.05, 3.63) is 28.0 Å². The Kier molecular flexibility index (Phi) is 4.73. The van der Waals surface area contributed by atoms with Crippen molar-refractivity contribution in [2.75, 3.05) is 19.0 Å². The molecule has 0 saturated carbocycles. The predicted octanol–water partition coefficient (Wildman–Crippen LogP) is 3.20. The molecule has 0 aromatic heterocycles. The van der Waals surface area contributed by atoms with Gasteiger partial charge in [0.25, 0.3) is 0 Å². The van der Waals surface area contributed by atoms with E-state index in [9.17, 15) is 9.18 Å². The highest BCUT2D eigenvalue weighted by atomic mass is 79.9. The third-order valence-corrected chi connectivity index (χ3v) is 2.47. The Morgan fingerprint density at radius 1 is 1.56 bits per heavy atom. The van der Waals surface area contributed by atoms with Gasteiger partial charge < -0.3 is 10.1 Å². The summed E-state index contributed by atoms with van der Waals surface area (Å²) in [6, 6.07) is 2.84. The predicted molar refractivity (Wildman–Crippen MR) is 64.2 cm³/mol. The number of hydrogen-bond donors (Lipinski definition) is 1. The summed E-state index contributed by atoms with van der Waals surface area (Å²) in [5.74, 6) is -1.03. The molecule has 1 aromatic rings. The summed E-state index contributed by atoms with van der Waals surface area (Å²) in [7, 11) is 1.27. The monoisotopic (exact) mass is 289 g/mol. The third-order valence-electron chi connectivity index (χ3n) is 2.01. The van der Waals surface area contributed by atoms with E-state index in [1.807, 2.05) is 6.92 Å². The number of carbonyl (C=O) groups excluding carboxylic acids is 1. The number of carbonyl (C=O) groups is 1. The molecule has 1 N–H and O–H groups in total. The molecule has 0 unspecified atom stereocenters. The quantitative estimate of drug-likeness (QED) is 0.865. The SMILES string of the molecule is CCCNc1c(F)cc(Br)cc1C(=O)OC. The number of hydrogen-bond acceptors (Lipinski definition) is 3. The van der Waals surface area contributed by atoms with Gasteiger partial charge >= 0.3 is 5.97 Å². The van der Waals surface area contributed by atoms with Gasteiger partial charge in [-0.1, -0.05) is 22.9 Å². The molecule has 0 aliphatic carbocycles. The zero-order chi connectivity index (χ0) is 12.1. The Bertz CT molecular complexity index is 396. The summed E-state index contributed by atoms with van der Waals surface area (Å²) in [6.45, 7) is 2.56. The first-order valence-electron chi connectivity index (χ1n) is 4.91. The first-order chi connectivity index (χ1) is 7.60. The van der Waals surface area contributed by atoms with E-state index < -0.39 is 11.8 Å². The second-order valence-corrected chi connectivity index (χ2v) is 4.14. The van der Waals surface area contributed by atoms with Crippen LogP contribution < -0.4 is 5.32 Å². The van der Waals surface area contributed by atoms with Gasteiger partial charge in [0.05, 0.1) is 18.4 Å². The molecule has 0 fully saturated rings. The zero-order valence-corrected chi connectivity index (χ0v) is 10.7. The van der Waals surface area contributed by atoms with Crippen LogP contribution in [0, 0.1) is 5.82 Å². The van der Waals surface area contributed by atoms with Crippen LogP contribution in [0.5, 0.6) is 0 Å². The molecule has 0 saturated heterocycles. The van der Waals surface area contributed by atoms with Gasteiger partial charge in [0, 0.05) is 11.0 Å². The van der Waals surface area contributed by atoms with Gasteiger partial charge in [-0.2, -0.15) is 0 Å². The van der Waals surface area contributed by atoms with E-state index in [2.05, 4.69) is 26.0 Å². The number of esters is 1. The largest absolute Gasteiger partial charge is 0.465 e. The van der Waals surface area contributed by atoms with Crippen molar-refractivity contribution in [1.82, 2.24) is 0 Å². The maximum Gasteiger partial charge on any atom is 0.340 e. The van der Waals surface area contributed by atoms with Gasteiger partial charge in [-0.3, -0.25) is 0 Å². The molecule has 5 heteroatoms. The minimum Gasteiger partial charge on any atom is -0.465 e. The summed E-state index contributed by atoms with van der Waals surface area (Å²) in [4.78, 5) is 11.5. The maximum atomic E-state index is 13.6. The lowest BCUT2D eigenvalue weighted by Gasteiger charge is -2.11. The maximum absolute atomic E-state index is 13.6. The topological polar surface area (TPSA) is 38.3 Å². The Hall–Kier alpha value is -1.10. The first kappa shape index (κ1) is 13.0. The van der Waals surface area contributed by atoms with Gasteiger partial charge in [0.15, 0.2) is 0 Å². The van der Waals surface area contributed by atoms with Crippen molar-refractivity contribution in [1.29, 1.82) is 0 Å². The Balaban J connectivity index is 3.15. The van der Waals surface area contributed by atoms with Crippen molar-refractivity contribution in [3.8, 4) is 0 Å². The molecular weight excluding hydrogens is 277 g/mol. The smallest absolute Gasteiger partial charge is 0.340 e. The number of nitrogens with one attached hydrogen (secondary N) is 1. The summed E-state index contributed by atoms with van der Waals surface area (Å²) in [5.41, 5.74) is 0.389. The molecule has 0 radical (unpaired) electrons. The highest BCUT2D eigenvalue weighted by Gasteiger charge is 2.16. The van der Waals surface area contributed by atoms with Crippen molar-refractivity contribution in [3.63, 3.8) is 0 Å². The minimum absolute atomic E-state index is 0.192. The molecule has 0 spiro atoms. The van der Waals surface area contributed by atoms with Crippen LogP contribution in [0.1, 0.15) is 23.7 Å². The molecule has 0 aliphatic rings. The molecule has 3 nitrogen and oxygen atoms in total. The van der Waals surface area contributed by atoms with Crippen molar-refractivity contribution in [2.45, 2.75) is 13.3 Å². The van der Waals surface area contributed by atoms with E-state index in [0.717, 1.165) is 6.42 Å². The lowest BCUT2D eigenvalue weighted by atomic mass is 10.1. The molecule has 0 bridgehead atoms. The average Bonchev–Trinajstić information content (AvgIpc) is 2.26. The van der Waals surface area contributed by atoms with Crippen LogP contribution in [0.3, 0.4) is 0 Å². The highest BCUT2D eigenvalue weighted by Crippen LogP contribution is 2.25. The Labute approximate surface area is 102 Å². The van der Waals surface area contributed by atoms with E-state index in [4.69, 9.17) is 0 Å².